The van der Waals surface area contributed by atoms with Crippen molar-refractivity contribution in [3.63, 3.8) is 0 Å². The lowest BCUT2D eigenvalue weighted by Gasteiger charge is -2.21. The number of imide groups is 1. The summed E-state index contributed by atoms with van der Waals surface area (Å²) in [6.07, 6.45) is 0. The molecule has 6 nitrogen and oxygen atoms in total. The Balaban J connectivity index is 0.00000162. The van der Waals surface area contributed by atoms with Crippen molar-refractivity contribution in [3.8, 4) is 0 Å². The lowest BCUT2D eigenvalue weighted by atomic mass is 9.91. The Morgan fingerprint density at radius 2 is 1.83 bits per heavy atom. The van der Waals surface area contributed by atoms with E-state index in [1.54, 1.807) is 31.2 Å². The lowest BCUT2D eigenvalue weighted by Crippen LogP contribution is -2.40. The first-order chi connectivity index (χ1) is 7.93. The van der Waals surface area contributed by atoms with Gasteiger partial charge in [0.05, 0.1) is 0 Å². The molecule has 3 amide bonds. The van der Waals surface area contributed by atoms with Gasteiger partial charge in [-0.2, -0.15) is 0 Å². The number of benzene rings is 1. The second kappa shape index (κ2) is 4.66. The molecule has 1 atom stereocenters. The van der Waals surface area contributed by atoms with Crippen LogP contribution < -0.4 is 16.4 Å². The summed E-state index contributed by atoms with van der Waals surface area (Å²) >= 11 is 0. The highest BCUT2D eigenvalue weighted by atomic mass is 35.5. The monoisotopic (exact) mass is 268 g/mol. The minimum absolute atomic E-state index is 0. The maximum atomic E-state index is 11.7. The first-order valence-corrected chi connectivity index (χ1v) is 5.02. The van der Waals surface area contributed by atoms with Crippen LogP contribution in [0.15, 0.2) is 24.3 Å². The normalized spacial score (nSPS) is 21.8. The molecule has 1 aliphatic rings. The summed E-state index contributed by atoms with van der Waals surface area (Å²) in [6, 6.07) is 6.11. The highest BCUT2D eigenvalue weighted by Gasteiger charge is 2.43. The van der Waals surface area contributed by atoms with E-state index in [4.69, 9.17) is 11.1 Å². The molecule has 1 saturated heterocycles. The summed E-state index contributed by atoms with van der Waals surface area (Å²) < 4.78 is 0. The molecule has 0 radical (unpaired) electrons. The Morgan fingerprint density at radius 3 is 2.22 bits per heavy atom. The molecule has 0 bridgehead atoms. The lowest BCUT2D eigenvalue weighted by molar-refractivity contribution is -0.123. The fourth-order valence-electron chi connectivity index (χ4n) is 1.73. The van der Waals surface area contributed by atoms with Gasteiger partial charge in [-0.25, -0.2) is 4.79 Å². The number of nitrogens with two attached hydrogens (primary N) is 1. The number of hydrogen-bond acceptors (Lipinski definition) is 3. The molecule has 18 heavy (non-hydrogen) atoms. The highest BCUT2D eigenvalue weighted by Crippen LogP contribution is 2.24. The predicted molar refractivity (Wildman–Crippen MR) is 68.7 cm³/mol. The zero-order valence-corrected chi connectivity index (χ0v) is 10.4. The third-order valence-electron chi connectivity index (χ3n) is 2.82. The molecule has 1 unspecified atom stereocenters. The largest absolute Gasteiger partial charge is 0.384 e. The van der Waals surface area contributed by atoms with Gasteiger partial charge in [-0.05, 0) is 12.5 Å². The summed E-state index contributed by atoms with van der Waals surface area (Å²) in [4.78, 5) is 22.8. The summed E-state index contributed by atoms with van der Waals surface area (Å²) in [6.45, 7) is 1.62. The number of urea groups is 1. The van der Waals surface area contributed by atoms with Crippen molar-refractivity contribution in [2.24, 2.45) is 5.73 Å². The van der Waals surface area contributed by atoms with Crippen LogP contribution in [0.2, 0.25) is 0 Å². The predicted octanol–water partition coefficient (Wildman–Crippen LogP) is 0.447. The molecule has 0 spiro atoms. The second-order valence-corrected chi connectivity index (χ2v) is 4.02. The van der Waals surface area contributed by atoms with Gasteiger partial charge in [0.15, 0.2) is 0 Å². The minimum Gasteiger partial charge on any atom is -0.384 e. The number of nitrogens with one attached hydrogen (secondary N) is 3. The molecule has 7 heteroatoms. The quantitative estimate of drug-likeness (QED) is 0.355. The Morgan fingerprint density at radius 1 is 1.28 bits per heavy atom. The van der Waals surface area contributed by atoms with Crippen LogP contribution in [0.1, 0.15) is 18.1 Å². The number of amidine groups is 1. The fourth-order valence-corrected chi connectivity index (χ4v) is 1.73. The van der Waals surface area contributed by atoms with Crippen molar-refractivity contribution >= 4 is 30.2 Å². The molecule has 2 rings (SSSR count). The number of rotatable bonds is 2. The van der Waals surface area contributed by atoms with Crippen LogP contribution in [0.3, 0.4) is 0 Å². The zero-order chi connectivity index (χ0) is 12.6. The first kappa shape index (κ1) is 14.0. The van der Waals surface area contributed by atoms with E-state index in [1.165, 1.54) is 0 Å². The third kappa shape index (κ3) is 2.14. The van der Waals surface area contributed by atoms with Gasteiger partial charge >= 0.3 is 6.03 Å². The van der Waals surface area contributed by atoms with E-state index >= 15 is 0 Å². The molecule has 1 aromatic carbocycles. The van der Waals surface area contributed by atoms with Crippen LogP contribution in [-0.2, 0) is 10.3 Å². The molecular formula is C11H13ClN4O2. The Bertz CT molecular complexity index is 514. The maximum Gasteiger partial charge on any atom is 0.322 e. The van der Waals surface area contributed by atoms with Gasteiger partial charge in [0, 0.05) is 5.56 Å². The Labute approximate surface area is 110 Å². The molecule has 1 aromatic rings. The van der Waals surface area contributed by atoms with E-state index < -0.39 is 17.5 Å². The van der Waals surface area contributed by atoms with Gasteiger partial charge < -0.3 is 11.1 Å². The van der Waals surface area contributed by atoms with Gasteiger partial charge in [-0.3, -0.25) is 15.5 Å². The summed E-state index contributed by atoms with van der Waals surface area (Å²) in [7, 11) is 0. The molecule has 1 aliphatic heterocycles. The number of halogens is 1. The SMILES string of the molecule is CC1(c2ccc(C(=N)N)cc2)NC(=O)NC1=O.Cl. The first-order valence-electron chi connectivity index (χ1n) is 5.02. The number of carbonyl (C=O) groups is 2. The van der Waals surface area contributed by atoms with E-state index in [2.05, 4.69) is 10.6 Å². The number of hydrogen-bond donors (Lipinski definition) is 4. The standard InChI is InChI=1S/C11H12N4O2.ClH/c1-11(9(16)14-10(17)15-11)7-4-2-6(3-5-7)8(12)13;/h2-5H,1H3,(H3,12,13)(H2,14,15,16,17);1H. The fraction of sp³-hybridized carbons (Fsp3) is 0.182. The van der Waals surface area contributed by atoms with E-state index in [9.17, 15) is 9.59 Å². The molecule has 96 valence electrons. The Hall–Kier alpha value is -2.08. The average molecular weight is 269 g/mol. The smallest absolute Gasteiger partial charge is 0.322 e. The van der Waals surface area contributed by atoms with Crippen LogP contribution in [-0.4, -0.2) is 17.8 Å². The molecule has 1 fully saturated rings. The van der Waals surface area contributed by atoms with Crippen molar-refractivity contribution in [2.45, 2.75) is 12.5 Å². The van der Waals surface area contributed by atoms with E-state index in [0.717, 1.165) is 0 Å². The van der Waals surface area contributed by atoms with Crippen molar-refractivity contribution in [2.75, 3.05) is 0 Å². The van der Waals surface area contributed by atoms with Crippen LogP contribution in [0, 0.1) is 5.41 Å². The number of nitrogen functional groups attached to an aromatic ring is 1. The van der Waals surface area contributed by atoms with Gasteiger partial charge in [-0.1, -0.05) is 24.3 Å². The van der Waals surface area contributed by atoms with Gasteiger partial charge in [-0.15, -0.1) is 12.4 Å². The van der Waals surface area contributed by atoms with E-state index in [-0.39, 0.29) is 18.2 Å². The van der Waals surface area contributed by atoms with Crippen molar-refractivity contribution in [1.82, 2.24) is 10.6 Å². The van der Waals surface area contributed by atoms with Gasteiger partial charge in [0.2, 0.25) is 0 Å². The number of amides is 3. The van der Waals surface area contributed by atoms with Crippen molar-refractivity contribution in [3.05, 3.63) is 35.4 Å². The van der Waals surface area contributed by atoms with Crippen LogP contribution >= 0.6 is 12.4 Å². The Kier molecular flexibility index (Phi) is 3.62. The minimum atomic E-state index is -1.06. The van der Waals surface area contributed by atoms with Crippen LogP contribution in [0.4, 0.5) is 4.79 Å². The second-order valence-electron chi connectivity index (χ2n) is 4.02. The highest BCUT2D eigenvalue weighted by molar-refractivity contribution is 6.07. The molecule has 0 aliphatic carbocycles. The van der Waals surface area contributed by atoms with Crippen molar-refractivity contribution in [1.29, 1.82) is 5.41 Å². The summed E-state index contributed by atoms with van der Waals surface area (Å²) in [5.74, 6) is -0.431. The summed E-state index contributed by atoms with van der Waals surface area (Å²) in [5, 5.41) is 12.0. The number of carbonyl (C=O) groups excluding carboxylic acids is 2. The van der Waals surface area contributed by atoms with Crippen LogP contribution in [0.5, 0.6) is 0 Å². The third-order valence-corrected chi connectivity index (χ3v) is 2.82. The summed E-state index contributed by atoms with van der Waals surface area (Å²) in [5.41, 5.74) is 5.49. The van der Waals surface area contributed by atoms with E-state index in [0.29, 0.717) is 11.1 Å². The topological polar surface area (TPSA) is 108 Å². The zero-order valence-electron chi connectivity index (χ0n) is 9.61. The van der Waals surface area contributed by atoms with Gasteiger partial charge in [0.25, 0.3) is 5.91 Å². The maximum absolute atomic E-state index is 11.7. The van der Waals surface area contributed by atoms with E-state index in [1.807, 2.05) is 0 Å². The van der Waals surface area contributed by atoms with Gasteiger partial charge in [0.1, 0.15) is 11.4 Å². The molecule has 1 heterocycles. The van der Waals surface area contributed by atoms with Crippen molar-refractivity contribution < 1.29 is 9.59 Å². The molecule has 0 aromatic heterocycles. The molecule has 0 saturated carbocycles. The average Bonchev–Trinajstić information content (AvgIpc) is 2.54. The molecular weight excluding hydrogens is 256 g/mol. The molecule has 5 N–H and O–H groups in total. The van der Waals surface area contributed by atoms with Crippen LogP contribution in [0.25, 0.3) is 0 Å².